The van der Waals surface area contributed by atoms with Crippen LogP contribution in [0.1, 0.15) is 29.7 Å². The summed E-state index contributed by atoms with van der Waals surface area (Å²) in [4.78, 5) is 2.52. The predicted molar refractivity (Wildman–Crippen MR) is 92.5 cm³/mol. The number of nitrogens with two attached hydrogens (primary N) is 1. The molecule has 2 heteroatoms. The lowest BCUT2D eigenvalue weighted by Gasteiger charge is -2.25. The number of nitrogen functional groups attached to an aromatic ring is 1. The van der Waals surface area contributed by atoms with Gasteiger partial charge in [0.2, 0.25) is 0 Å². The fraction of sp³-hybridized carbons (Fsp3) is 0.200. The Morgan fingerprint density at radius 3 is 2.59 bits per heavy atom. The summed E-state index contributed by atoms with van der Waals surface area (Å²) in [6.07, 6.45) is 0. The fourth-order valence-electron chi connectivity index (χ4n) is 3.53. The first-order valence-electron chi connectivity index (χ1n) is 7.81. The van der Waals surface area contributed by atoms with Crippen LogP contribution in [0, 0.1) is 0 Å². The van der Waals surface area contributed by atoms with Crippen molar-refractivity contribution in [1.29, 1.82) is 0 Å². The van der Waals surface area contributed by atoms with E-state index >= 15 is 0 Å². The molecule has 0 saturated carbocycles. The number of fused-ring (bicyclic) bond motifs is 2. The van der Waals surface area contributed by atoms with Crippen LogP contribution >= 0.6 is 0 Å². The van der Waals surface area contributed by atoms with Crippen molar-refractivity contribution in [2.45, 2.75) is 26.1 Å². The van der Waals surface area contributed by atoms with Gasteiger partial charge >= 0.3 is 0 Å². The minimum Gasteiger partial charge on any atom is -0.399 e. The van der Waals surface area contributed by atoms with Gasteiger partial charge in [-0.3, -0.25) is 4.90 Å². The molecule has 0 amide bonds. The van der Waals surface area contributed by atoms with Gasteiger partial charge in [0, 0.05) is 24.8 Å². The van der Waals surface area contributed by atoms with Gasteiger partial charge in [-0.15, -0.1) is 0 Å². The molecule has 0 aliphatic carbocycles. The Bertz CT molecular complexity index is 833. The SMILES string of the molecule is C[C@H](c1cccc2ccccc12)N1Cc2ccc(N)cc2C1. The van der Waals surface area contributed by atoms with Crippen LogP contribution in [0.25, 0.3) is 10.8 Å². The average Bonchev–Trinajstić information content (AvgIpc) is 2.96. The first-order chi connectivity index (χ1) is 10.7. The Morgan fingerprint density at radius 2 is 1.68 bits per heavy atom. The number of benzene rings is 3. The molecule has 0 spiro atoms. The lowest BCUT2D eigenvalue weighted by atomic mass is 9.99. The third-order valence-corrected chi connectivity index (χ3v) is 4.80. The van der Waals surface area contributed by atoms with E-state index < -0.39 is 0 Å². The number of hydrogen-bond acceptors (Lipinski definition) is 2. The zero-order valence-corrected chi connectivity index (χ0v) is 12.8. The van der Waals surface area contributed by atoms with Crippen LogP contribution < -0.4 is 5.73 Å². The van der Waals surface area contributed by atoms with Gasteiger partial charge in [0.15, 0.2) is 0 Å². The number of nitrogens with zero attached hydrogens (tertiary/aromatic N) is 1. The van der Waals surface area contributed by atoms with Crippen LogP contribution in [0.5, 0.6) is 0 Å². The van der Waals surface area contributed by atoms with Crippen molar-refractivity contribution in [3.05, 3.63) is 77.4 Å². The molecule has 0 radical (unpaired) electrons. The van der Waals surface area contributed by atoms with E-state index in [4.69, 9.17) is 5.73 Å². The molecule has 1 aliphatic rings. The molecular formula is C20H20N2. The van der Waals surface area contributed by atoms with Crippen LogP contribution in [0.2, 0.25) is 0 Å². The number of hydrogen-bond donors (Lipinski definition) is 1. The zero-order valence-electron chi connectivity index (χ0n) is 12.8. The summed E-state index contributed by atoms with van der Waals surface area (Å²) in [5.74, 6) is 0. The summed E-state index contributed by atoms with van der Waals surface area (Å²) in [5, 5.41) is 2.67. The third-order valence-electron chi connectivity index (χ3n) is 4.80. The van der Waals surface area contributed by atoms with Crippen LogP contribution in [0.15, 0.2) is 60.7 Å². The molecule has 3 aromatic rings. The van der Waals surface area contributed by atoms with Gasteiger partial charge < -0.3 is 5.73 Å². The normalized spacial score (nSPS) is 15.9. The lowest BCUT2D eigenvalue weighted by Crippen LogP contribution is -2.20. The molecule has 2 nitrogen and oxygen atoms in total. The van der Waals surface area contributed by atoms with Crippen LogP contribution in [0.3, 0.4) is 0 Å². The van der Waals surface area contributed by atoms with E-state index in [9.17, 15) is 0 Å². The van der Waals surface area contributed by atoms with E-state index in [1.54, 1.807) is 0 Å². The van der Waals surface area contributed by atoms with Crippen molar-refractivity contribution in [3.63, 3.8) is 0 Å². The lowest BCUT2D eigenvalue weighted by molar-refractivity contribution is 0.216. The minimum atomic E-state index is 0.389. The summed E-state index contributed by atoms with van der Waals surface area (Å²) < 4.78 is 0. The van der Waals surface area contributed by atoms with Gasteiger partial charge in [-0.25, -0.2) is 0 Å². The van der Waals surface area contributed by atoms with E-state index in [1.165, 1.54) is 27.5 Å². The molecule has 2 N–H and O–H groups in total. The standard InChI is InChI=1S/C20H20N2/c1-14(19-8-4-6-15-5-2-3-7-20(15)19)22-12-16-9-10-18(21)11-17(16)13-22/h2-11,14H,12-13,21H2,1H3/t14-/m1/s1. The van der Waals surface area contributed by atoms with Gasteiger partial charge in [0.25, 0.3) is 0 Å². The van der Waals surface area contributed by atoms with E-state index in [-0.39, 0.29) is 0 Å². The van der Waals surface area contributed by atoms with E-state index in [2.05, 4.69) is 66.4 Å². The highest BCUT2D eigenvalue weighted by molar-refractivity contribution is 5.86. The Hall–Kier alpha value is -2.32. The van der Waals surface area contributed by atoms with Gasteiger partial charge in [-0.1, -0.05) is 48.5 Å². The van der Waals surface area contributed by atoms with E-state index in [1.807, 2.05) is 6.07 Å². The summed E-state index contributed by atoms with van der Waals surface area (Å²) in [7, 11) is 0. The largest absolute Gasteiger partial charge is 0.399 e. The smallest absolute Gasteiger partial charge is 0.0333 e. The zero-order chi connectivity index (χ0) is 15.1. The molecule has 110 valence electrons. The summed E-state index contributed by atoms with van der Waals surface area (Å²) >= 11 is 0. The first-order valence-corrected chi connectivity index (χ1v) is 7.81. The molecule has 1 atom stereocenters. The van der Waals surface area contributed by atoms with Crippen molar-refractivity contribution >= 4 is 16.5 Å². The molecule has 1 heterocycles. The molecule has 4 rings (SSSR count). The fourth-order valence-corrected chi connectivity index (χ4v) is 3.53. The number of rotatable bonds is 2. The summed E-state index contributed by atoms with van der Waals surface area (Å²) in [6.45, 7) is 4.28. The second-order valence-corrected chi connectivity index (χ2v) is 6.18. The molecular weight excluding hydrogens is 268 g/mol. The maximum atomic E-state index is 5.92. The summed E-state index contributed by atoms with van der Waals surface area (Å²) in [5.41, 5.74) is 11.0. The predicted octanol–water partition coefficient (Wildman–Crippen LogP) is 4.50. The Balaban J connectivity index is 1.69. The van der Waals surface area contributed by atoms with Crippen molar-refractivity contribution < 1.29 is 0 Å². The number of anilines is 1. The topological polar surface area (TPSA) is 29.3 Å². The minimum absolute atomic E-state index is 0.389. The maximum absolute atomic E-state index is 5.92. The van der Waals surface area contributed by atoms with Crippen LogP contribution in [0.4, 0.5) is 5.69 Å². The van der Waals surface area contributed by atoms with E-state index in [0.717, 1.165) is 18.8 Å². The first kappa shape index (κ1) is 13.4. The van der Waals surface area contributed by atoms with E-state index in [0.29, 0.717) is 6.04 Å². The second-order valence-electron chi connectivity index (χ2n) is 6.18. The van der Waals surface area contributed by atoms with Crippen molar-refractivity contribution in [2.24, 2.45) is 0 Å². The highest BCUT2D eigenvalue weighted by Crippen LogP contribution is 2.34. The molecule has 0 saturated heterocycles. The Labute approximate surface area is 131 Å². The Morgan fingerprint density at radius 1 is 0.909 bits per heavy atom. The van der Waals surface area contributed by atoms with Gasteiger partial charge in [-0.2, -0.15) is 0 Å². The molecule has 0 aromatic heterocycles. The third kappa shape index (κ3) is 2.16. The monoisotopic (exact) mass is 288 g/mol. The molecule has 0 fully saturated rings. The summed E-state index contributed by atoms with van der Waals surface area (Å²) in [6, 6.07) is 21.9. The van der Waals surface area contributed by atoms with Crippen molar-refractivity contribution in [1.82, 2.24) is 4.90 Å². The second kappa shape index (κ2) is 5.15. The van der Waals surface area contributed by atoms with Crippen LogP contribution in [-0.4, -0.2) is 4.90 Å². The van der Waals surface area contributed by atoms with Crippen molar-refractivity contribution in [2.75, 3.05) is 5.73 Å². The molecule has 0 bridgehead atoms. The molecule has 0 unspecified atom stereocenters. The Kier molecular flexibility index (Phi) is 3.12. The highest BCUT2D eigenvalue weighted by atomic mass is 15.2. The quantitative estimate of drug-likeness (QED) is 0.704. The van der Waals surface area contributed by atoms with Gasteiger partial charge in [0.05, 0.1) is 0 Å². The van der Waals surface area contributed by atoms with Gasteiger partial charge in [-0.05, 0) is 46.5 Å². The van der Waals surface area contributed by atoms with Gasteiger partial charge in [0.1, 0.15) is 0 Å². The highest BCUT2D eigenvalue weighted by Gasteiger charge is 2.25. The van der Waals surface area contributed by atoms with Crippen molar-refractivity contribution in [3.8, 4) is 0 Å². The van der Waals surface area contributed by atoms with Crippen LogP contribution in [-0.2, 0) is 13.1 Å². The average molecular weight is 288 g/mol. The molecule has 3 aromatic carbocycles. The molecule has 1 aliphatic heterocycles. The maximum Gasteiger partial charge on any atom is 0.0333 e. The molecule has 22 heavy (non-hydrogen) atoms.